The Balaban J connectivity index is 2.36. The van der Waals surface area contributed by atoms with Crippen LogP contribution in [0.1, 0.15) is 6.92 Å². The third kappa shape index (κ3) is 1.88. The second-order valence-corrected chi connectivity index (χ2v) is 2.64. The Morgan fingerprint density at radius 3 is 2.42 bits per heavy atom. The average Bonchev–Trinajstić information content (AvgIpc) is 1.95. The normalized spacial score (nSPS) is 29.3. The Bertz CT molecular complexity index is 192. The Hall–Kier alpha value is -0.780. The van der Waals surface area contributed by atoms with Crippen molar-refractivity contribution in [2.45, 2.75) is 25.2 Å². The van der Waals surface area contributed by atoms with Crippen LogP contribution in [0.5, 0.6) is 0 Å². The van der Waals surface area contributed by atoms with Gasteiger partial charge in [0, 0.05) is 12.6 Å². The monoisotopic (exact) mass is 183 g/mol. The smallest absolute Gasteiger partial charge is 0.453 e. The number of ether oxygens (including phenoxy) is 1. The maximum atomic E-state index is 11.6. The van der Waals surface area contributed by atoms with Gasteiger partial charge < -0.3 is 10.1 Å². The van der Waals surface area contributed by atoms with Crippen molar-refractivity contribution in [2.75, 3.05) is 6.54 Å². The van der Waals surface area contributed by atoms with Gasteiger partial charge in [0.1, 0.15) is 6.10 Å². The quantitative estimate of drug-likeness (QED) is 0.600. The van der Waals surface area contributed by atoms with Gasteiger partial charge in [0.15, 0.2) is 0 Å². The molecule has 0 spiro atoms. The lowest BCUT2D eigenvalue weighted by atomic mass is 10.1. The van der Waals surface area contributed by atoms with E-state index in [-0.39, 0.29) is 6.04 Å². The van der Waals surface area contributed by atoms with Gasteiger partial charge in [-0.1, -0.05) is 0 Å². The van der Waals surface area contributed by atoms with Gasteiger partial charge in [-0.3, -0.25) is 0 Å². The van der Waals surface area contributed by atoms with Gasteiger partial charge in [0.05, 0.1) is 0 Å². The number of alkyl halides is 3. The van der Waals surface area contributed by atoms with Crippen LogP contribution in [0, 0.1) is 0 Å². The third-order valence-corrected chi connectivity index (χ3v) is 1.69. The average molecular weight is 183 g/mol. The van der Waals surface area contributed by atoms with Crippen LogP contribution < -0.4 is 5.32 Å². The lowest BCUT2D eigenvalue weighted by Gasteiger charge is -2.34. The molecule has 1 heterocycles. The summed E-state index contributed by atoms with van der Waals surface area (Å²) in [7, 11) is 0. The van der Waals surface area contributed by atoms with Crippen molar-refractivity contribution in [3.8, 4) is 0 Å². The van der Waals surface area contributed by atoms with E-state index in [9.17, 15) is 18.0 Å². The van der Waals surface area contributed by atoms with E-state index in [1.807, 2.05) is 0 Å². The van der Waals surface area contributed by atoms with Gasteiger partial charge >= 0.3 is 12.1 Å². The molecule has 0 radical (unpaired) electrons. The van der Waals surface area contributed by atoms with Gasteiger partial charge in [-0.15, -0.1) is 0 Å². The molecule has 0 amide bonds. The van der Waals surface area contributed by atoms with Crippen LogP contribution in [0.4, 0.5) is 13.2 Å². The van der Waals surface area contributed by atoms with Crippen LogP contribution in [-0.4, -0.2) is 30.8 Å². The first-order valence-electron chi connectivity index (χ1n) is 3.42. The Kier molecular flexibility index (Phi) is 2.27. The molecule has 6 heteroatoms. The summed E-state index contributed by atoms with van der Waals surface area (Å²) in [5.41, 5.74) is 0. The van der Waals surface area contributed by atoms with Crippen LogP contribution >= 0.6 is 0 Å². The van der Waals surface area contributed by atoms with Gasteiger partial charge in [0.2, 0.25) is 0 Å². The van der Waals surface area contributed by atoms with Crippen molar-refractivity contribution >= 4 is 5.97 Å². The fourth-order valence-electron chi connectivity index (χ4n) is 0.798. The first-order valence-corrected chi connectivity index (χ1v) is 3.42. The zero-order chi connectivity index (χ0) is 9.35. The van der Waals surface area contributed by atoms with Gasteiger partial charge in [-0.05, 0) is 6.92 Å². The van der Waals surface area contributed by atoms with Gasteiger partial charge in [-0.25, -0.2) is 4.79 Å². The second-order valence-electron chi connectivity index (χ2n) is 2.64. The minimum Gasteiger partial charge on any atom is -0.453 e. The standard InChI is InChI=1S/C6H8F3NO2/c1-3-4(2-10-3)12-5(11)6(7,8)9/h3-4,10H,2H2,1H3. The zero-order valence-electron chi connectivity index (χ0n) is 6.31. The SMILES string of the molecule is CC1NCC1OC(=O)C(F)(F)F. The number of nitrogens with one attached hydrogen (secondary N) is 1. The molecule has 0 aromatic heterocycles. The minimum absolute atomic E-state index is 0.184. The van der Waals surface area contributed by atoms with E-state index in [2.05, 4.69) is 10.1 Å². The lowest BCUT2D eigenvalue weighted by molar-refractivity contribution is -0.208. The summed E-state index contributed by atoms with van der Waals surface area (Å²) < 4.78 is 38.9. The molecule has 0 aromatic carbocycles. The predicted octanol–water partition coefficient (Wildman–Crippen LogP) is 0.452. The van der Waals surface area contributed by atoms with E-state index in [0.717, 1.165) is 0 Å². The fraction of sp³-hybridized carbons (Fsp3) is 0.833. The summed E-state index contributed by atoms with van der Waals surface area (Å²) in [4.78, 5) is 10.2. The first kappa shape index (κ1) is 9.31. The topological polar surface area (TPSA) is 38.3 Å². The molecule has 0 aliphatic carbocycles. The Labute approximate surface area is 66.9 Å². The summed E-state index contributed by atoms with van der Waals surface area (Å²) in [6.07, 6.45) is -5.52. The van der Waals surface area contributed by atoms with Gasteiger partial charge in [0.25, 0.3) is 0 Å². The number of carbonyl (C=O) groups excluding carboxylic acids is 1. The number of esters is 1. The number of halogens is 3. The summed E-state index contributed by atoms with van der Waals surface area (Å²) >= 11 is 0. The van der Waals surface area contributed by atoms with Crippen molar-refractivity contribution < 1.29 is 22.7 Å². The maximum absolute atomic E-state index is 11.6. The molecule has 1 saturated heterocycles. The summed E-state index contributed by atoms with van der Waals surface area (Å²) in [5, 5.41) is 2.77. The number of rotatable bonds is 1. The molecule has 1 aliphatic heterocycles. The molecule has 1 N–H and O–H groups in total. The van der Waals surface area contributed by atoms with E-state index < -0.39 is 18.2 Å². The molecule has 0 saturated carbocycles. The van der Waals surface area contributed by atoms with E-state index in [4.69, 9.17) is 0 Å². The highest BCUT2D eigenvalue weighted by atomic mass is 19.4. The van der Waals surface area contributed by atoms with Crippen molar-refractivity contribution in [1.82, 2.24) is 5.32 Å². The second kappa shape index (κ2) is 2.93. The van der Waals surface area contributed by atoms with Crippen molar-refractivity contribution in [2.24, 2.45) is 0 Å². The molecular weight excluding hydrogens is 175 g/mol. The van der Waals surface area contributed by atoms with E-state index in [1.54, 1.807) is 6.92 Å². The molecule has 1 fully saturated rings. The Morgan fingerprint density at radius 2 is 2.17 bits per heavy atom. The van der Waals surface area contributed by atoms with Crippen LogP contribution in [-0.2, 0) is 9.53 Å². The van der Waals surface area contributed by atoms with Crippen LogP contribution in [0.15, 0.2) is 0 Å². The molecule has 70 valence electrons. The van der Waals surface area contributed by atoms with Crippen molar-refractivity contribution in [3.63, 3.8) is 0 Å². The van der Waals surface area contributed by atoms with Crippen LogP contribution in [0.25, 0.3) is 0 Å². The lowest BCUT2D eigenvalue weighted by Crippen LogP contribution is -2.58. The maximum Gasteiger partial charge on any atom is 0.490 e. The molecule has 1 rings (SSSR count). The summed E-state index contributed by atoms with van der Waals surface area (Å²) in [6, 6.07) is -0.184. The molecule has 3 nitrogen and oxygen atoms in total. The van der Waals surface area contributed by atoms with Gasteiger partial charge in [-0.2, -0.15) is 13.2 Å². The Morgan fingerprint density at radius 1 is 1.58 bits per heavy atom. The van der Waals surface area contributed by atoms with Crippen LogP contribution in [0.2, 0.25) is 0 Å². The summed E-state index contributed by atoms with van der Waals surface area (Å²) in [5.74, 6) is -2.11. The number of carbonyl (C=O) groups is 1. The van der Waals surface area contributed by atoms with Crippen molar-refractivity contribution in [3.05, 3.63) is 0 Å². The first-order chi connectivity index (χ1) is 5.41. The zero-order valence-corrected chi connectivity index (χ0v) is 6.31. The molecule has 2 atom stereocenters. The predicted molar refractivity (Wildman–Crippen MR) is 33.4 cm³/mol. The minimum atomic E-state index is -4.88. The molecule has 0 bridgehead atoms. The molecule has 12 heavy (non-hydrogen) atoms. The molecule has 2 unspecified atom stereocenters. The van der Waals surface area contributed by atoms with E-state index >= 15 is 0 Å². The highest BCUT2D eigenvalue weighted by molar-refractivity contribution is 5.75. The number of hydrogen-bond acceptors (Lipinski definition) is 3. The highest BCUT2D eigenvalue weighted by Crippen LogP contribution is 2.19. The molecule has 1 aliphatic rings. The van der Waals surface area contributed by atoms with E-state index in [0.29, 0.717) is 6.54 Å². The largest absolute Gasteiger partial charge is 0.490 e. The van der Waals surface area contributed by atoms with Crippen molar-refractivity contribution in [1.29, 1.82) is 0 Å². The summed E-state index contributed by atoms with van der Waals surface area (Å²) in [6.45, 7) is 1.95. The van der Waals surface area contributed by atoms with Crippen LogP contribution in [0.3, 0.4) is 0 Å². The molecule has 0 aromatic rings. The number of hydrogen-bond donors (Lipinski definition) is 1. The fourth-order valence-corrected chi connectivity index (χ4v) is 0.798. The third-order valence-electron chi connectivity index (χ3n) is 1.69. The van der Waals surface area contributed by atoms with E-state index in [1.165, 1.54) is 0 Å². The molecular formula is C6H8F3NO2. The highest BCUT2D eigenvalue weighted by Gasteiger charge is 2.44.